The quantitative estimate of drug-likeness (QED) is 0.862. The molecule has 1 saturated carbocycles. The lowest BCUT2D eigenvalue weighted by atomic mass is 9.82. The molecule has 2 fully saturated rings. The summed E-state index contributed by atoms with van der Waals surface area (Å²) in [6.45, 7) is 3.71. The Kier molecular flexibility index (Phi) is 3.54. The number of hydrogen-bond acceptors (Lipinski definition) is 3. The highest BCUT2D eigenvalue weighted by Gasteiger charge is 2.45. The van der Waals surface area contributed by atoms with Crippen molar-refractivity contribution in [3.05, 3.63) is 18.0 Å². The number of amides is 1. The molecule has 1 aromatic rings. The predicted molar refractivity (Wildman–Crippen MR) is 77.1 cm³/mol. The van der Waals surface area contributed by atoms with Gasteiger partial charge in [-0.15, -0.1) is 0 Å². The molecule has 5 nitrogen and oxygen atoms in total. The Hall–Kier alpha value is -1.36. The first-order chi connectivity index (χ1) is 9.61. The molecule has 1 aliphatic heterocycles. The van der Waals surface area contributed by atoms with E-state index < -0.39 is 0 Å². The molecule has 1 aromatic heterocycles. The van der Waals surface area contributed by atoms with Gasteiger partial charge in [0.1, 0.15) is 0 Å². The Labute approximate surface area is 119 Å². The van der Waals surface area contributed by atoms with E-state index in [1.165, 1.54) is 0 Å². The SMILES string of the molecule is CC1(C(=O)N2CCCC(c3ccn[nH]3)C2)CCCC1N. The van der Waals surface area contributed by atoms with Crippen molar-refractivity contribution in [2.45, 2.75) is 51.0 Å². The van der Waals surface area contributed by atoms with Crippen molar-refractivity contribution in [2.75, 3.05) is 13.1 Å². The number of nitrogens with two attached hydrogens (primary N) is 1. The molecule has 2 heterocycles. The molecular formula is C15H24N4O. The lowest BCUT2D eigenvalue weighted by Crippen LogP contribution is -2.51. The Morgan fingerprint density at radius 1 is 1.50 bits per heavy atom. The highest BCUT2D eigenvalue weighted by Crippen LogP contribution is 2.39. The monoisotopic (exact) mass is 276 g/mol. The van der Waals surface area contributed by atoms with E-state index in [4.69, 9.17) is 5.73 Å². The smallest absolute Gasteiger partial charge is 0.230 e. The highest BCUT2D eigenvalue weighted by atomic mass is 16.2. The van der Waals surface area contributed by atoms with Gasteiger partial charge in [-0.2, -0.15) is 5.10 Å². The van der Waals surface area contributed by atoms with Crippen LogP contribution in [0.15, 0.2) is 12.3 Å². The minimum atomic E-state index is -0.351. The number of nitrogens with zero attached hydrogens (tertiary/aromatic N) is 2. The van der Waals surface area contributed by atoms with Gasteiger partial charge in [0.2, 0.25) is 5.91 Å². The molecule has 20 heavy (non-hydrogen) atoms. The number of piperidine rings is 1. The summed E-state index contributed by atoms with van der Waals surface area (Å²) in [4.78, 5) is 14.9. The third-order valence-electron chi connectivity index (χ3n) is 5.19. The van der Waals surface area contributed by atoms with Crippen molar-refractivity contribution in [1.29, 1.82) is 0 Å². The van der Waals surface area contributed by atoms with Crippen molar-refractivity contribution in [3.8, 4) is 0 Å². The largest absolute Gasteiger partial charge is 0.342 e. The van der Waals surface area contributed by atoms with Gasteiger partial charge in [-0.1, -0.05) is 6.42 Å². The van der Waals surface area contributed by atoms with E-state index >= 15 is 0 Å². The van der Waals surface area contributed by atoms with Crippen LogP contribution in [-0.4, -0.2) is 40.1 Å². The molecular weight excluding hydrogens is 252 g/mol. The lowest BCUT2D eigenvalue weighted by molar-refractivity contribution is -0.143. The second-order valence-corrected chi connectivity index (χ2v) is 6.52. The van der Waals surface area contributed by atoms with E-state index in [0.717, 1.165) is 50.9 Å². The van der Waals surface area contributed by atoms with Crippen LogP contribution in [0.4, 0.5) is 0 Å². The van der Waals surface area contributed by atoms with Crippen LogP contribution in [-0.2, 0) is 4.79 Å². The fourth-order valence-electron chi connectivity index (χ4n) is 3.73. The van der Waals surface area contributed by atoms with Gasteiger partial charge in [0.25, 0.3) is 0 Å². The van der Waals surface area contributed by atoms with Crippen LogP contribution < -0.4 is 5.73 Å². The van der Waals surface area contributed by atoms with Gasteiger partial charge in [0.05, 0.1) is 5.41 Å². The van der Waals surface area contributed by atoms with Gasteiger partial charge in [-0.25, -0.2) is 0 Å². The Morgan fingerprint density at radius 3 is 3.00 bits per heavy atom. The molecule has 3 unspecified atom stereocenters. The van der Waals surface area contributed by atoms with Crippen LogP contribution >= 0.6 is 0 Å². The Bertz CT molecular complexity index is 472. The fourth-order valence-corrected chi connectivity index (χ4v) is 3.73. The standard InChI is InChI=1S/C15H24N4O/c1-15(7-2-5-13(15)16)14(20)19-9-3-4-11(10-19)12-6-8-17-18-12/h6,8,11,13H,2-5,7,9-10,16H2,1H3,(H,17,18). The van der Waals surface area contributed by atoms with E-state index in [-0.39, 0.29) is 17.4 Å². The lowest BCUT2D eigenvalue weighted by Gasteiger charge is -2.39. The number of carbonyl (C=O) groups excluding carboxylic acids is 1. The zero-order valence-corrected chi connectivity index (χ0v) is 12.1. The van der Waals surface area contributed by atoms with Gasteiger partial charge in [0.15, 0.2) is 0 Å². The third-order valence-corrected chi connectivity index (χ3v) is 5.19. The molecule has 0 bridgehead atoms. The van der Waals surface area contributed by atoms with Crippen molar-refractivity contribution < 1.29 is 4.79 Å². The summed E-state index contributed by atoms with van der Waals surface area (Å²) in [7, 11) is 0. The molecule has 0 aromatic carbocycles. The molecule has 1 aliphatic carbocycles. The minimum absolute atomic E-state index is 0.0162. The summed E-state index contributed by atoms with van der Waals surface area (Å²) in [5, 5.41) is 7.06. The number of carbonyl (C=O) groups is 1. The number of likely N-dealkylation sites (tertiary alicyclic amines) is 1. The van der Waals surface area contributed by atoms with Crippen LogP contribution in [0.5, 0.6) is 0 Å². The van der Waals surface area contributed by atoms with Crippen LogP contribution in [0.3, 0.4) is 0 Å². The summed E-state index contributed by atoms with van der Waals surface area (Å²) in [5.74, 6) is 0.642. The van der Waals surface area contributed by atoms with Crippen molar-refractivity contribution in [1.82, 2.24) is 15.1 Å². The van der Waals surface area contributed by atoms with Crippen molar-refractivity contribution in [2.24, 2.45) is 11.1 Å². The van der Waals surface area contributed by atoms with Crippen LogP contribution in [0.1, 0.15) is 50.6 Å². The first kappa shape index (κ1) is 13.6. The number of hydrogen-bond donors (Lipinski definition) is 2. The maximum absolute atomic E-state index is 12.9. The normalized spacial score (nSPS) is 34.4. The molecule has 2 aliphatic rings. The maximum atomic E-state index is 12.9. The molecule has 0 radical (unpaired) electrons. The summed E-state index contributed by atoms with van der Waals surface area (Å²) in [6, 6.07) is 2.03. The fraction of sp³-hybridized carbons (Fsp3) is 0.733. The van der Waals surface area contributed by atoms with Crippen LogP contribution in [0.2, 0.25) is 0 Å². The average Bonchev–Trinajstić information content (AvgIpc) is 3.10. The summed E-state index contributed by atoms with van der Waals surface area (Å²) in [6.07, 6.45) is 6.93. The molecule has 1 saturated heterocycles. The van der Waals surface area contributed by atoms with Crippen molar-refractivity contribution >= 4 is 5.91 Å². The zero-order chi connectivity index (χ0) is 14.2. The Balaban J connectivity index is 1.72. The molecule has 3 N–H and O–H groups in total. The minimum Gasteiger partial charge on any atom is -0.342 e. The van der Waals surface area contributed by atoms with Gasteiger partial charge in [-0.3, -0.25) is 9.89 Å². The topological polar surface area (TPSA) is 75.0 Å². The van der Waals surface area contributed by atoms with Crippen LogP contribution in [0, 0.1) is 5.41 Å². The molecule has 5 heteroatoms. The Morgan fingerprint density at radius 2 is 2.35 bits per heavy atom. The molecule has 1 amide bonds. The molecule has 3 rings (SSSR count). The van der Waals surface area contributed by atoms with E-state index in [0.29, 0.717) is 5.92 Å². The summed E-state index contributed by atoms with van der Waals surface area (Å²) < 4.78 is 0. The zero-order valence-electron chi connectivity index (χ0n) is 12.1. The van der Waals surface area contributed by atoms with Gasteiger partial charge in [0, 0.05) is 36.9 Å². The first-order valence-corrected chi connectivity index (χ1v) is 7.65. The van der Waals surface area contributed by atoms with E-state index in [9.17, 15) is 4.79 Å². The van der Waals surface area contributed by atoms with E-state index in [1.54, 1.807) is 6.20 Å². The second-order valence-electron chi connectivity index (χ2n) is 6.52. The van der Waals surface area contributed by atoms with Crippen LogP contribution in [0.25, 0.3) is 0 Å². The van der Waals surface area contributed by atoms with Gasteiger partial charge in [-0.05, 0) is 38.7 Å². The highest BCUT2D eigenvalue weighted by molar-refractivity contribution is 5.83. The van der Waals surface area contributed by atoms with E-state index in [1.807, 2.05) is 17.9 Å². The third kappa shape index (κ3) is 2.24. The second kappa shape index (κ2) is 5.20. The summed E-state index contributed by atoms with van der Waals surface area (Å²) >= 11 is 0. The maximum Gasteiger partial charge on any atom is 0.230 e. The molecule has 3 atom stereocenters. The number of aromatic amines is 1. The average molecular weight is 276 g/mol. The first-order valence-electron chi connectivity index (χ1n) is 7.65. The van der Waals surface area contributed by atoms with Crippen molar-refractivity contribution in [3.63, 3.8) is 0 Å². The number of nitrogens with one attached hydrogen (secondary N) is 1. The number of H-pyrrole nitrogens is 1. The number of rotatable bonds is 2. The molecule has 110 valence electrons. The summed E-state index contributed by atoms with van der Waals surface area (Å²) in [5.41, 5.74) is 6.98. The predicted octanol–water partition coefficient (Wildman–Crippen LogP) is 1.63. The van der Waals surface area contributed by atoms with Gasteiger partial charge < -0.3 is 10.6 Å². The van der Waals surface area contributed by atoms with Gasteiger partial charge >= 0.3 is 0 Å². The molecule has 0 spiro atoms. The van der Waals surface area contributed by atoms with E-state index in [2.05, 4.69) is 10.2 Å². The number of aromatic nitrogens is 2.